The number of carbonyl (C=O) groups is 3. The summed E-state index contributed by atoms with van der Waals surface area (Å²) in [5.41, 5.74) is 1.19. The number of hydrogen-bond donors (Lipinski definition) is 1. The molecule has 206 valence electrons. The number of nitrogens with zero attached hydrogens (tertiary/aromatic N) is 1. The lowest BCUT2D eigenvalue weighted by molar-refractivity contribution is -0.150. The molecule has 0 saturated carbocycles. The third-order valence-electron chi connectivity index (χ3n) is 5.63. The van der Waals surface area contributed by atoms with Gasteiger partial charge in [-0.05, 0) is 49.2 Å². The van der Waals surface area contributed by atoms with Crippen LogP contribution in [-0.2, 0) is 14.3 Å². The minimum atomic E-state index is -1.10. The molecule has 0 unspecified atom stereocenters. The molecule has 0 saturated heterocycles. The highest BCUT2D eigenvalue weighted by atomic mass is 35.5. The molecule has 0 aliphatic carbocycles. The van der Waals surface area contributed by atoms with Crippen molar-refractivity contribution >= 4 is 64.2 Å². The van der Waals surface area contributed by atoms with Gasteiger partial charge in [-0.25, -0.2) is 9.78 Å². The number of amides is 1. The van der Waals surface area contributed by atoms with Gasteiger partial charge in [0.1, 0.15) is 12.1 Å². The van der Waals surface area contributed by atoms with E-state index in [1.807, 2.05) is 0 Å². The standard InChI is InChI=1S/C27H24Cl4N2O6/c1-13(33-26(35)24-25(39-15(3)34)22(37-4)9-10-32-24)27(36)38-14(2)23(16-5-7-18(28)20(30)11-16)17-6-8-19(29)21(31)12-17/h5-14,23H,1-4H3,(H,33,35)/t13-,14-/m0/s1. The maximum Gasteiger partial charge on any atom is 0.328 e. The van der Waals surface area contributed by atoms with Crippen molar-refractivity contribution in [3.05, 3.63) is 85.6 Å². The zero-order valence-electron chi connectivity index (χ0n) is 21.3. The first-order valence-corrected chi connectivity index (χ1v) is 13.1. The summed E-state index contributed by atoms with van der Waals surface area (Å²) in [5, 5.41) is 3.91. The van der Waals surface area contributed by atoms with Gasteiger partial charge in [0.2, 0.25) is 5.75 Å². The van der Waals surface area contributed by atoms with E-state index < -0.39 is 35.9 Å². The molecule has 12 heteroatoms. The molecule has 1 amide bonds. The second kappa shape index (κ2) is 13.3. The second-order valence-electron chi connectivity index (χ2n) is 8.45. The highest BCUT2D eigenvalue weighted by Gasteiger charge is 2.29. The lowest BCUT2D eigenvalue weighted by Crippen LogP contribution is -2.41. The molecule has 0 aliphatic rings. The normalized spacial score (nSPS) is 12.4. The number of benzene rings is 2. The van der Waals surface area contributed by atoms with Crippen molar-refractivity contribution in [1.29, 1.82) is 0 Å². The molecule has 0 spiro atoms. The van der Waals surface area contributed by atoms with Crippen molar-refractivity contribution in [1.82, 2.24) is 10.3 Å². The van der Waals surface area contributed by atoms with E-state index >= 15 is 0 Å². The molecule has 3 aromatic rings. The number of hydrogen-bond acceptors (Lipinski definition) is 7. The van der Waals surface area contributed by atoms with E-state index in [4.69, 9.17) is 60.6 Å². The van der Waals surface area contributed by atoms with Crippen LogP contribution in [0.1, 0.15) is 48.3 Å². The Labute approximate surface area is 245 Å². The second-order valence-corrected chi connectivity index (χ2v) is 10.1. The van der Waals surface area contributed by atoms with Crippen LogP contribution in [0.15, 0.2) is 48.7 Å². The van der Waals surface area contributed by atoms with Gasteiger partial charge in [-0.15, -0.1) is 0 Å². The van der Waals surface area contributed by atoms with E-state index in [1.54, 1.807) is 43.3 Å². The number of nitrogens with one attached hydrogen (secondary N) is 1. The minimum absolute atomic E-state index is 0.125. The Morgan fingerprint density at radius 2 is 1.44 bits per heavy atom. The van der Waals surface area contributed by atoms with Gasteiger partial charge >= 0.3 is 11.9 Å². The van der Waals surface area contributed by atoms with Crippen LogP contribution >= 0.6 is 46.4 Å². The Hall–Kier alpha value is -3.04. The maximum absolute atomic E-state index is 13.1. The molecule has 0 aliphatic heterocycles. The van der Waals surface area contributed by atoms with Crippen molar-refractivity contribution < 1.29 is 28.6 Å². The van der Waals surface area contributed by atoms with Crippen LogP contribution in [0.25, 0.3) is 0 Å². The highest BCUT2D eigenvalue weighted by Crippen LogP contribution is 2.36. The minimum Gasteiger partial charge on any atom is -0.493 e. The van der Waals surface area contributed by atoms with Crippen molar-refractivity contribution in [3.8, 4) is 11.5 Å². The van der Waals surface area contributed by atoms with E-state index in [1.165, 1.54) is 33.2 Å². The van der Waals surface area contributed by atoms with Crippen LogP contribution in [0, 0.1) is 0 Å². The van der Waals surface area contributed by atoms with Gasteiger partial charge in [0.15, 0.2) is 11.4 Å². The fourth-order valence-corrected chi connectivity index (χ4v) is 4.43. The molecule has 0 radical (unpaired) electrons. The highest BCUT2D eigenvalue weighted by molar-refractivity contribution is 6.42. The Kier molecular flexibility index (Phi) is 10.4. The van der Waals surface area contributed by atoms with Crippen LogP contribution in [0.4, 0.5) is 0 Å². The summed E-state index contributed by atoms with van der Waals surface area (Å²) in [4.78, 5) is 41.5. The molecule has 2 atom stereocenters. The van der Waals surface area contributed by atoms with Crippen molar-refractivity contribution in [2.45, 2.75) is 38.8 Å². The Morgan fingerprint density at radius 3 is 1.92 bits per heavy atom. The van der Waals surface area contributed by atoms with Crippen molar-refractivity contribution in [2.24, 2.45) is 0 Å². The lowest BCUT2D eigenvalue weighted by atomic mass is 9.87. The predicted octanol–water partition coefficient (Wildman–Crippen LogP) is 6.51. The number of halogens is 4. The first kappa shape index (κ1) is 30.5. The Balaban J connectivity index is 1.84. The first-order valence-electron chi connectivity index (χ1n) is 11.6. The average Bonchev–Trinajstić information content (AvgIpc) is 2.88. The average molecular weight is 614 g/mol. The topological polar surface area (TPSA) is 104 Å². The van der Waals surface area contributed by atoms with E-state index in [0.717, 1.165) is 0 Å². The molecule has 1 aromatic heterocycles. The number of carbonyl (C=O) groups excluding carboxylic acids is 3. The third kappa shape index (κ3) is 7.54. The van der Waals surface area contributed by atoms with Crippen LogP contribution in [0.2, 0.25) is 20.1 Å². The SMILES string of the molecule is COc1ccnc(C(=O)N[C@@H](C)C(=O)O[C@@H](C)C(c2ccc(Cl)c(Cl)c2)c2ccc(Cl)c(Cl)c2)c1OC(C)=O. The first-order chi connectivity index (χ1) is 18.4. The monoisotopic (exact) mass is 612 g/mol. The maximum atomic E-state index is 13.1. The molecule has 1 heterocycles. The van der Waals surface area contributed by atoms with Gasteiger partial charge < -0.3 is 19.5 Å². The summed E-state index contributed by atoms with van der Waals surface area (Å²) >= 11 is 24.7. The third-order valence-corrected chi connectivity index (χ3v) is 7.11. The molecule has 3 rings (SSSR count). The number of methoxy groups -OCH3 is 1. The van der Waals surface area contributed by atoms with E-state index in [9.17, 15) is 14.4 Å². The van der Waals surface area contributed by atoms with Gasteiger partial charge in [-0.2, -0.15) is 0 Å². The lowest BCUT2D eigenvalue weighted by Gasteiger charge is -2.27. The number of esters is 2. The summed E-state index contributed by atoms with van der Waals surface area (Å²) in [7, 11) is 1.35. The Bertz CT molecular complexity index is 1350. The summed E-state index contributed by atoms with van der Waals surface area (Å²) in [6.45, 7) is 4.32. The molecule has 2 aromatic carbocycles. The summed E-state index contributed by atoms with van der Waals surface area (Å²) < 4.78 is 16.0. The van der Waals surface area contributed by atoms with E-state index in [2.05, 4.69) is 10.3 Å². The quantitative estimate of drug-likeness (QED) is 0.274. The van der Waals surface area contributed by atoms with Crippen molar-refractivity contribution in [2.75, 3.05) is 7.11 Å². The number of ether oxygens (including phenoxy) is 3. The molecule has 39 heavy (non-hydrogen) atoms. The molecule has 1 N–H and O–H groups in total. The van der Waals surface area contributed by atoms with Crippen LogP contribution in [0.5, 0.6) is 11.5 Å². The fourth-order valence-electron chi connectivity index (χ4n) is 3.82. The zero-order valence-corrected chi connectivity index (χ0v) is 24.3. The summed E-state index contributed by atoms with van der Waals surface area (Å²) in [6.07, 6.45) is 0.572. The predicted molar refractivity (Wildman–Crippen MR) is 149 cm³/mol. The number of rotatable bonds is 9. The summed E-state index contributed by atoms with van der Waals surface area (Å²) in [6, 6.07) is 10.5. The smallest absolute Gasteiger partial charge is 0.328 e. The van der Waals surface area contributed by atoms with E-state index in [0.29, 0.717) is 31.2 Å². The van der Waals surface area contributed by atoms with Crippen LogP contribution in [0.3, 0.4) is 0 Å². The molecular weight excluding hydrogens is 590 g/mol. The van der Waals surface area contributed by atoms with Gasteiger partial charge in [-0.1, -0.05) is 58.5 Å². The van der Waals surface area contributed by atoms with Crippen molar-refractivity contribution in [3.63, 3.8) is 0 Å². The fraction of sp³-hybridized carbons (Fsp3) is 0.259. The molecular formula is C27H24Cl4N2O6. The van der Waals surface area contributed by atoms with Gasteiger partial charge in [0, 0.05) is 25.1 Å². The van der Waals surface area contributed by atoms with E-state index in [-0.39, 0.29) is 17.2 Å². The van der Waals surface area contributed by atoms with Crippen LogP contribution in [-0.4, -0.2) is 42.1 Å². The molecule has 0 bridgehead atoms. The molecule has 0 fully saturated rings. The largest absolute Gasteiger partial charge is 0.493 e. The van der Waals surface area contributed by atoms with Crippen LogP contribution < -0.4 is 14.8 Å². The summed E-state index contributed by atoms with van der Waals surface area (Å²) in [5.74, 6) is -2.71. The number of pyridine rings is 1. The van der Waals surface area contributed by atoms with Gasteiger partial charge in [-0.3, -0.25) is 9.59 Å². The number of aromatic nitrogens is 1. The van der Waals surface area contributed by atoms with Gasteiger partial charge in [0.05, 0.1) is 27.2 Å². The Morgan fingerprint density at radius 1 is 0.872 bits per heavy atom. The molecule has 8 nitrogen and oxygen atoms in total. The zero-order chi connectivity index (χ0) is 28.9. The van der Waals surface area contributed by atoms with Gasteiger partial charge in [0.25, 0.3) is 5.91 Å².